The number of pyridine rings is 1. The number of aromatic nitrogens is 1. The number of nitrogens with zero attached hydrogens (tertiary/aromatic N) is 1. The number of carbonyl (C=O) groups is 1. The molecule has 0 spiro atoms. The van der Waals surface area contributed by atoms with Crippen LogP contribution in [0.1, 0.15) is 23.8 Å². The minimum atomic E-state index is -0.880. The second-order valence-corrected chi connectivity index (χ2v) is 4.64. The van der Waals surface area contributed by atoms with Crippen LogP contribution in [0.3, 0.4) is 0 Å². The van der Waals surface area contributed by atoms with Gasteiger partial charge in [0.1, 0.15) is 11.3 Å². The predicted octanol–water partition coefficient (Wildman–Crippen LogP) is 0.820. The molecule has 2 N–H and O–H groups in total. The van der Waals surface area contributed by atoms with E-state index >= 15 is 0 Å². The number of hydrogen-bond donors (Lipinski definition) is 2. The molecule has 6 heteroatoms. The number of methoxy groups -OCH3 is 1. The maximum Gasteiger partial charge on any atom is 0.356 e. The molecule has 6 nitrogen and oxygen atoms in total. The fourth-order valence-corrected chi connectivity index (χ4v) is 2.01. The molecule has 2 rings (SSSR count). The average molecular weight is 266 g/mol. The number of carbonyl (C=O) groups excluding carboxylic acids is 1. The zero-order valence-corrected chi connectivity index (χ0v) is 11.0. The molecule has 19 heavy (non-hydrogen) atoms. The number of esters is 1. The topological polar surface area (TPSA) is 80.7 Å². The summed E-state index contributed by atoms with van der Waals surface area (Å²) in [5.41, 5.74) is 0.0625. The van der Waals surface area contributed by atoms with Crippen molar-refractivity contribution in [2.24, 2.45) is 0 Å². The second-order valence-electron chi connectivity index (χ2n) is 4.64. The highest BCUT2D eigenvalue weighted by Crippen LogP contribution is 2.26. The van der Waals surface area contributed by atoms with Crippen LogP contribution in [0.4, 0.5) is 5.69 Å². The van der Waals surface area contributed by atoms with Crippen molar-refractivity contribution in [3.05, 3.63) is 24.0 Å². The molecule has 1 fully saturated rings. The molecular weight excluding hydrogens is 248 g/mol. The first-order valence-electron chi connectivity index (χ1n) is 6.17. The third-order valence-corrected chi connectivity index (χ3v) is 3.41. The Bertz CT molecular complexity index is 466. The van der Waals surface area contributed by atoms with Crippen LogP contribution in [-0.4, -0.2) is 48.0 Å². The van der Waals surface area contributed by atoms with Crippen LogP contribution in [0.15, 0.2) is 18.3 Å². The van der Waals surface area contributed by atoms with Crippen LogP contribution < -0.4 is 5.32 Å². The first-order valence-corrected chi connectivity index (χ1v) is 6.17. The summed E-state index contributed by atoms with van der Waals surface area (Å²) in [7, 11) is 1.31. The van der Waals surface area contributed by atoms with Crippen molar-refractivity contribution in [1.29, 1.82) is 0 Å². The molecular formula is C13H18N2O4. The van der Waals surface area contributed by atoms with Crippen molar-refractivity contribution in [3.8, 4) is 0 Å². The van der Waals surface area contributed by atoms with Crippen molar-refractivity contribution in [3.63, 3.8) is 0 Å². The molecule has 1 saturated heterocycles. The number of nitrogens with one attached hydrogen (secondary N) is 1. The summed E-state index contributed by atoms with van der Waals surface area (Å²) in [6, 6.07) is 3.33. The van der Waals surface area contributed by atoms with E-state index in [0.717, 1.165) is 0 Å². The zero-order valence-electron chi connectivity index (χ0n) is 11.0. The molecule has 2 atom stereocenters. The quantitative estimate of drug-likeness (QED) is 0.785. The lowest BCUT2D eigenvalue weighted by Crippen LogP contribution is -2.43. The van der Waals surface area contributed by atoms with Gasteiger partial charge in [-0.2, -0.15) is 0 Å². The first-order chi connectivity index (χ1) is 9.05. The normalized spacial score (nSPS) is 26.2. The van der Waals surface area contributed by atoms with Crippen molar-refractivity contribution < 1.29 is 19.4 Å². The molecule has 104 valence electrons. The Kier molecular flexibility index (Phi) is 4.01. The van der Waals surface area contributed by atoms with Gasteiger partial charge in [-0.3, -0.25) is 0 Å². The van der Waals surface area contributed by atoms with Gasteiger partial charge in [0.15, 0.2) is 0 Å². The molecule has 1 aromatic heterocycles. The minimum Gasteiger partial charge on any atom is -0.464 e. The molecule has 1 aliphatic rings. The van der Waals surface area contributed by atoms with Gasteiger partial charge in [0.25, 0.3) is 0 Å². The fraction of sp³-hybridized carbons (Fsp3) is 0.538. The smallest absolute Gasteiger partial charge is 0.356 e. The predicted molar refractivity (Wildman–Crippen MR) is 69.0 cm³/mol. The number of hydrogen-bond acceptors (Lipinski definition) is 6. The second kappa shape index (κ2) is 5.54. The first kappa shape index (κ1) is 13.8. The number of ether oxygens (including phenoxy) is 2. The minimum absolute atomic E-state index is 0.207. The van der Waals surface area contributed by atoms with Crippen LogP contribution in [0.5, 0.6) is 0 Å². The van der Waals surface area contributed by atoms with E-state index in [-0.39, 0.29) is 11.8 Å². The Morgan fingerprint density at radius 2 is 2.53 bits per heavy atom. The lowest BCUT2D eigenvalue weighted by atomic mass is 9.96. The molecule has 0 aliphatic carbocycles. The Hall–Kier alpha value is -1.66. The molecule has 2 unspecified atom stereocenters. The monoisotopic (exact) mass is 266 g/mol. The molecule has 1 aliphatic heterocycles. The van der Waals surface area contributed by atoms with E-state index < -0.39 is 11.6 Å². The van der Waals surface area contributed by atoms with Gasteiger partial charge in [-0.1, -0.05) is 0 Å². The van der Waals surface area contributed by atoms with E-state index in [1.54, 1.807) is 12.1 Å². The van der Waals surface area contributed by atoms with Gasteiger partial charge in [-0.15, -0.1) is 0 Å². The van der Waals surface area contributed by atoms with Crippen molar-refractivity contribution >= 4 is 11.7 Å². The van der Waals surface area contributed by atoms with E-state index in [1.165, 1.54) is 13.3 Å². The summed E-state index contributed by atoms with van der Waals surface area (Å²) in [5, 5.41) is 13.5. The highest BCUT2D eigenvalue weighted by Gasteiger charge is 2.39. The van der Waals surface area contributed by atoms with Gasteiger partial charge in [0.05, 0.1) is 13.2 Å². The van der Waals surface area contributed by atoms with Gasteiger partial charge in [-0.25, -0.2) is 9.78 Å². The van der Waals surface area contributed by atoms with Gasteiger partial charge in [-0.05, 0) is 19.1 Å². The molecule has 0 bridgehead atoms. The summed E-state index contributed by atoms with van der Waals surface area (Å²) < 4.78 is 9.97. The standard InChI is InChI=1S/C13H18N2O4/c1-9-13(17,4-6-19-9)8-15-10-3-5-14-11(7-10)12(16)18-2/h3,5,7,9,17H,4,6,8H2,1-2H3,(H,14,15). The Morgan fingerprint density at radius 1 is 1.74 bits per heavy atom. The highest BCUT2D eigenvalue weighted by molar-refractivity contribution is 5.88. The highest BCUT2D eigenvalue weighted by atomic mass is 16.5. The average Bonchev–Trinajstić information content (AvgIpc) is 2.76. The number of rotatable bonds is 4. The summed E-state index contributed by atoms with van der Waals surface area (Å²) in [5.74, 6) is -0.486. The molecule has 0 radical (unpaired) electrons. The van der Waals surface area contributed by atoms with E-state index in [2.05, 4.69) is 15.0 Å². The van der Waals surface area contributed by atoms with Crippen LogP contribution >= 0.6 is 0 Å². The van der Waals surface area contributed by atoms with Crippen molar-refractivity contribution in [2.45, 2.75) is 25.0 Å². The number of anilines is 1. The summed E-state index contributed by atoms with van der Waals surface area (Å²) >= 11 is 0. The van der Waals surface area contributed by atoms with Crippen molar-refractivity contribution in [1.82, 2.24) is 4.98 Å². The van der Waals surface area contributed by atoms with Gasteiger partial charge < -0.3 is 19.9 Å². The summed E-state index contributed by atoms with van der Waals surface area (Å²) in [4.78, 5) is 15.3. The summed E-state index contributed by atoms with van der Waals surface area (Å²) in [6.07, 6.45) is 1.91. The van der Waals surface area contributed by atoms with Crippen LogP contribution in [0.25, 0.3) is 0 Å². The van der Waals surface area contributed by atoms with Crippen molar-refractivity contribution in [2.75, 3.05) is 25.6 Å². The molecule has 2 heterocycles. The fourth-order valence-electron chi connectivity index (χ4n) is 2.01. The van der Waals surface area contributed by atoms with Gasteiger partial charge >= 0.3 is 5.97 Å². The third kappa shape index (κ3) is 3.02. The van der Waals surface area contributed by atoms with Crippen LogP contribution in [0, 0.1) is 0 Å². The van der Waals surface area contributed by atoms with Crippen LogP contribution in [-0.2, 0) is 9.47 Å². The van der Waals surface area contributed by atoms with E-state index in [9.17, 15) is 9.90 Å². The molecule has 0 amide bonds. The Labute approximate surface area is 111 Å². The Balaban J connectivity index is 2.02. The third-order valence-electron chi connectivity index (χ3n) is 3.41. The SMILES string of the molecule is COC(=O)c1cc(NCC2(O)CCOC2C)ccn1. The lowest BCUT2D eigenvalue weighted by Gasteiger charge is -2.26. The zero-order chi connectivity index (χ0) is 13.9. The molecule has 0 saturated carbocycles. The largest absolute Gasteiger partial charge is 0.464 e. The number of aliphatic hydroxyl groups is 1. The lowest BCUT2D eigenvalue weighted by molar-refractivity contribution is -0.0175. The maximum atomic E-state index is 11.4. The maximum absolute atomic E-state index is 11.4. The van der Waals surface area contributed by atoms with E-state index in [1.807, 2.05) is 6.92 Å². The Morgan fingerprint density at radius 3 is 3.16 bits per heavy atom. The summed E-state index contributed by atoms with van der Waals surface area (Å²) in [6.45, 7) is 2.77. The van der Waals surface area contributed by atoms with Gasteiger partial charge in [0, 0.05) is 31.5 Å². The van der Waals surface area contributed by atoms with Crippen LogP contribution in [0.2, 0.25) is 0 Å². The van der Waals surface area contributed by atoms with E-state index in [4.69, 9.17) is 4.74 Å². The molecule has 0 aromatic carbocycles. The van der Waals surface area contributed by atoms with Gasteiger partial charge in [0.2, 0.25) is 0 Å². The van der Waals surface area contributed by atoms with E-state index in [0.29, 0.717) is 25.3 Å². The molecule has 1 aromatic rings.